The van der Waals surface area contributed by atoms with Gasteiger partial charge in [-0.3, -0.25) is 4.79 Å². The number of carboxylic acid groups (broad SMARTS) is 1. The maximum Gasteiger partial charge on any atom is 0.305 e. The molecule has 5 heteroatoms. The summed E-state index contributed by atoms with van der Waals surface area (Å²) in [6.07, 6.45) is 0.00643. The molecule has 0 amide bonds. The summed E-state index contributed by atoms with van der Waals surface area (Å²) in [6.45, 7) is 0.813. The fourth-order valence-electron chi connectivity index (χ4n) is 2.45. The Morgan fingerprint density at radius 3 is 2.68 bits per heavy atom. The van der Waals surface area contributed by atoms with Crippen LogP contribution in [0.15, 0.2) is 48.5 Å². The SMILES string of the molecule is O=C(O)CC(NCc1ccccc1)c1ccc2c(c1)OCO2. The van der Waals surface area contributed by atoms with Gasteiger partial charge in [0.25, 0.3) is 0 Å². The number of carboxylic acids is 1. The second-order valence-electron chi connectivity index (χ2n) is 5.13. The second-order valence-corrected chi connectivity index (χ2v) is 5.13. The minimum Gasteiger partial charge on any atom is -0.481 e. The zero-order valence-corrected chi connectivity index (χ0v) is 12.0. The van der Waals surface area contributed by atoms with Gasteiger partial charge in [-0.1, -0.05) is 36.4 Å². The van der Waals surface area contributed by atoms with Crippen LogP contribution in [0.3, 0.4) is 0 Å². The van der Waals surface area contributed by atoms with Crippen LogP contribution >= 0.6 is 0 Å². The van der Waals surface area contributed by atoms with Crippen molar-refractivity contribution >= 4 is 5.97 Å². The highest BCUT2D eigenvalue weighted by molar-refractivity contribution is 5.68. The monoisotopic (exact) mass is 299 g/mol. The Kier molecular flexibility index (Phi) is 4.25. The van der Waals surface area contributed by atoms with Gasteiger partial charge in [-0.05, 0) is 23.3 Å². The van der Waals surface area contributed by atoms with Gasteiger partial charge in [0.15, 0.2) is 11.5 Å². The molecule has 0 aromatic heterocycles. The third kappa shape index (κ3) is 3.38. The molecule has 0 radical (unpaired) electrons. The lowest BCUT2D eigenvalue weighted by Crippen LogP contribution is -2.23. The van der Waals surface area contributed by atoms with E-state index >= 15 is 0 Å². The standard InChI is InChI=1S/C17H17NO4/c19-17(20)9-14(18-10-12-4-2-1-3-5-12)13-6-7-15-16(8-13)22-11-21-15/h1-8,14,18H,9-11H2,(H,19,20). The van der Waals surface area contributed by atoms with Gasteiger partial charge in [-0.25, -0.2) is 0 Å². The third-order valence-electron chi connectivity index (χ3n) is 3.57. The Labute approximate surface area is 128 Å². The molecule has 1 atom stereocenters. The van der Waals surface area contributed by atoms with Crippen molar-refractivity contribution in [1.82, 2.24) is 5.32 Å². The van der Waals surface area contributed by atoms with Gasteiger partial charge in [-0.15, -0.1) is 0 Å². The zero-order valence-electron chi connectivity index (χ0n) is 12.0. The third-order valence-corrected chi connectivity index (χ3v) is 3.57. The minimum atomic E-state index is -0.844. The lowest BCUT2D eigenvalue weighted by molar-refractivity contribution is -0.137. The molecular formula is C17H17NO4. The molecule has 3 rings (SSSR count). The van der Waals surface area contributed by atoms with Crippen LogP contribution in [-0.4, -0.2) is 17.9 Å². The van der Waals surface area contributed by atoms with E-state index in [4.69, 9.17) is 14.6 Å². The lowest BCUT2D eigenvalue weighted by atomic mass is 10.0. The maximum atomic E-state index is 11.1. The molecule has 2 N–H and O–H groups in total. The molecule has 0 saturated carbocycles. The quantitative estimate of drug-likeness (QED) is 0.858. The topological polar surface area (TPSA) is 67.8 Å². The van der Waals surface area contributed by atoms with Crippen LogP contribution in [0.4, 0.5) is 0 Å². The van der Waals surface area contributed by atoms with Gasteiger partial charge in [0.05, 0.1) is 6.42 Å². The molecule has 0 spiro atoms. The van der Waals surface area contributed by atoms with E-state index in [9.17, 15) is 4.79 Å². The summed E-state index contributed by atoms with van der Waals surface area (Å²) >= 11 is 0. The first-order valence-electron chi connectivity index (χ1n) is 7.11. The average molecular weight is 299 g/mol. The van der Waals surface area contributed by atoms with Crippen molar-refractivity contribution in [2.75, 3.05) is 6.79 Å². The Hall–Kier alpha value is -2.53. The maximum absolute atomic E-state index is 11.1. The number of ether oxygens (including phenoxy) is 2. The van der Waals surface area contributed by atoms with Crippen molar-refractivity contribution in [2.24, 2.45) is 0 Å². The predicted octanol–water partition coefficient (Wildman–Crippen LogP) is 2.72. The highest BCUT2D eigenvalue weighted by Gasteiger charge is 2.19. The van der Waals surface area contributed by atoms with E-state index in [1.807, 2.05) is 48.5 Å². The van der Waals surface area contributed by atoms with E-state index in [1.165, 1.54) is 0 Å². The summed E-state index contributed by atoms with van der Waals surface area (Å²) in [7, 11) is 0. The smallest absolute Gasteiger partial charge is 0.305 e. The predicted molar refractivity (Wildman–Crippen MR) is 80.8 cm³/mol. The molecule has 1 heterocycles. The molecule has 5 nitrogen and oxygen atoms in total. The molecular weight excluding hydrogens is 282 g/mol. The summed E-state index contributed by atoms with van der Waals surface area (Å²) < 4.78 is 10.6. The van der Waals surface area contributed by atoms with E-state index in [0.29, 0.717) is 18.0 Å². The average Bonchev–Trinajstić information content (AvgIpc) is 2.99. The van der Waals surface area contributed by atoms with Crippen LogP contribution in [0.2, 0.25) is 0 Å². The largest absolute Gasteiger partial charge is 0.481 e. The van der Waals surface area contributed by atoms with E-state index in [1.54, 1.807) is 0 Å². The molecule has 0 saturated heterocycles. The number of hydrogen-bond donors (Lipinski definition) is 2. The van der Waals surface area contributed by atoms with Crippen LogP contribution in [0.1, 0.15) is 23.6 Å². The zero-order chi connectivity index (χ0) is 15.4. The van der Waals surface area contributed by atoms with Crippen LogP contribution in [0.5, 0.6) is 11.5 Å². The van der Waals surface area contributed by atoms with Crippen molar-refractivity contribution < 1.29 is 19.4 Å². The van der Waals surface area contributed by atoms with Gasteiger partial charge >= 0.3 is 5.97 Å². The van der Waals surface area contributed by atoms with Crippen molar-refractivity contribution in [3.8, 4) is 11.5 Å². The fraction of sp³-hybridized carbons (Fsp3) is 0.235. The summed E-state index contributed by atoms with van der Waals surface area (Å²) in [4.78, 5) is 11.1. The van der Waals surface area contributed by atoms with Gasteiger partial charge < -0.3 is 19.9 Å². The van der Waals surface area contributed by atoms with Gasteiger partial charge in [0, 0.05) is 12.6 Å². The van der Waals surface area contributed by atoms with Crippen molar-refractivity contribution in [3.63, 3.8) is 0 Å². The number of rotatable bonds is 6. The molecule has 114 valence electrons. The first-order valence-corrected chi connectivity index (χ1v) is 7.11. The number of carbonyl (C=O) groups is 1. The molecule has 0 fully saturated rings. The molecule has 2 aromatic rings. The number of fused-ring (bicyclic) bond motifs is 1. The summed E-state index contributed by atoms with van der Waals surface area (Å²) in [6, 6.07) is 15.1. The Morgan fingerprint density at radius 1 is 1.14 bits per heavy atom. The molecule has 0 aliphatic carbocycles. The first-order chi connectivity index (χ1) is 10.7. The van der Waals surface area contributed by atoms with E-state index in [2.05, 4.69) is 5.32 Å². The van der Waals surface area contributed by atoms with E-state index in [0.717, 1.165) is 11.1 Å². The van der Waals surface area contributed by atoms with Crippen LogP contribution in [0.25, 0.3) is 0 Å². The lowest BCUT2D eigenvalue weighted by Gasteiger charge is -2.18. The summed E-state index contributed by atoms with van der Waals surface area (Å²) in [5, 5.41) is 12.4. The normalized spacial score (nSPS) is 13.8. The molecule has 0 bridgehead atoms. The molecule has 1 aliphatic rings. The van der Waals surface area contributed by atoms with Gasteiger partial charge in [-0.2, -0.15) is 0 Å². The highest BCUT2D eigenvalue weighted by atomic mass is 16.7. The molecule has 22 heavy (non-hydrogen) atoms. The van der Waals surface area contributed by atoms with E-state index < -0.39 is 5.97 Å². The van der Waals surface area contributed by atoms with Crippen LogP contribution in [-0.2, 0) is 11.3 Å². The number of benzene rings is 2. The Bertz CT molecular complexity index is 657. The number of hydrogen-bond acceptors (Lipinski definition) is 4. The fourth-order valence-corrected chi connectivity index (χ4v) is 2.45. The van der Waals surface area contributed by atoms with Crippen molar-refractivity contribution in [1.29, 1.82) is 0 Å². The minimum absolute atomic E-state index is 0.00643. The summed E-state index contributed by atoms with van der Waals surface area (Å²) in [5.41, 5.74) is 1.99. The van der Waals surface area contributed by atoms with Crippen molar-refractivity contribution in [3.05, 3.63) is 59.7 Å². The van der Waals surface area contributed by atoms with E-state index in [-0.39, 0.29) is 19.3 Å². The summed E-state index contributed by atoms with van der Waals surface area (Å²) in [5.74, 6) is 0.513. The Balaban J connectivity index is 1.75. The van der Waals surface area contributed by atoms with Crippen molar-refractivity contribution in [2.45, 2.75) is 19.0 Å². The highest BCUT2D eigenvalue weighted by Crippen LogP contribution is 2.34. The Morgan fingerprint density at radius 2 is 1.91 bits per heavy atom. The molecule has 1 unspecified atom stereocenters. The van der Waals surface area contributed by atoms with Gasteiger partial charge in [0.2, 0.25) is 6.79 Å². The van der Waals surface area contributed by atoms with Crippen LogP contribution in [0, 0.1) is 0 Å². The molecule has 2 aromatic carbocycles. The number of aliphatic carboxylic acids is 1. The number of nitrogens with one attached hydrogen (secondary N) is 1. The molecule has 1 aliphatic heterocycles. The first kappa shape index (κ1) is 14.4. The second kappa shape index (κ2) is 6.49. The van der Waals surface area contributed by atoms with Gasteiger partial charge in [0.1, 0.15) is 0 Å². The van der Waals surface area contributed by atoms with Crippen LogP contribution < -0.4 is 14.8 Å².